The molecule has 0 heterocycles. The van der Waals surface area contributed by atoms with Crippen molar-refractivity contribution >= 4 is 23.1 Å². The third-order valence-electron chi connectivity index (χ3n) is 1.77. The van der Waals surface area contributed by atoms with Crippen LogP contribution in [0.2, 0.25) is 0 Å². The largest absolute Gasteiger partial charge is 2.00 e. The zero-order valence-electron chi connectivity index (χ0n) is 12.0. The summed E-state index contributed by atoms with van der Waals surface area (Å²) >= 11 is 0. The standard InChI is InChI=1S/2C7H15O.Mg/c2*1-3-5-7-8-6-4-2;/h2*1,3-7H2,2H3;/q2*-1;+2. The summed E-state index contributed by atoms with van der Waals surface area (Å²) in [7, 11) is 0. The molecule has 0 spiro atoms. The molecule has 0 amide bonds. The van der Waals surface area contributed by atoms with Crippen LogP contribution in [-0.2, 0) is 9.47 Å². The van der Waals surface area contributed by atoms with Gasteiger partial charge in [-0.1, -0.05) is 26.7 Å². The Bertz CT molecular complexity index is 76.2. The molecule has 0 radical (unpaired) electrons. The van der Waals surface area contributed by atoms with Gasteiger partial charge < -0.3 is 23.3 Å². The molecule has 0 fully saturated rings. The van der Waals surface area contributed by atoms with E-state index in [1.807, 2.05) is 0 Å². The van der Waals surface area contributed by atoms with Crippen LogP contribution in [0.25, 0.3) is 0 Å². The van der Waals surface area contributed by atoms with Crippen molar-refractivity contribution in [1.82, 2.24) is 0 Å². The molecule has 0 unspecified atom stereocenters. The first kappa shape index (κ1) is 22.8. The van der Waals surface area contributed by atoms with Crippen LogP contribution in [0.4, 0.5) is 0 Å². The van der Waals surface area contributed by atoms with Gasteiger partial charge in [0.05, 0.1) is 0 Å². The van der Waals surface area contributed by atoms with Crippen LogP contribution in [0.1, 0.15) is 52.4 Å². The van der Waals surface area contributed by atoms with Gasteiger partial charge in [0.15, 0.2) is 0 Å². The topological polar surface area (TPSA) is 18.5 Å². The van der Waals surface area contributed by atoms with Crippen molar-refractivity contribution in [3.63, 3.8) is 0 Å². The zero-order chi connectivity index (χ0) is 12.5. The quantitative estimate of drug-likeness (QED) is 0.336. The first-order chi connectivity index (χ1) is 7.83. The summed E-state index contributed by atoms with van der Waals surface area (Å²) in [5.74, 6) is 0. The molecule has 0 aliphatic heterocycles. The van der Waals surface area contributed by atoms with Gasteiger partial charge in [0.2, 0.25) is 0 Å². The average molecular weight is 255 g/mol. The minimum Gasteiger partial charge on any atom is -0.382 e. The summed E-state index contributed by atoms with van der Waals surface area (Å²) in [5.41, 5.74) is 0. The molecule has 0 aromatic carbocycles. The number of unbranched alkanes of at least 4 members (excludes halogenated alkanes) is 2. The Morgan fingerprint density at radius 3 is 1.29 bits per heavy atom. The van der Waals surface area contributed by atoms with Gasteiger partial charge in [0.1, 0.15) is 0 Å². The Labute approximate surface area is 125 Å². The molecule has 0 aliphatic rings. The number of ether oxygens (including phenoxy) is 2. The first-order valence-corrected chi connectivity index (χ1v) is 6.57. The van der Waals surface area contributed by atoms with Crippen molar-refractivity contribution in [2.24, 2.45) is 0 Å². The zero-order valence-corrected chi connectivity index (χ0v) is 13.4. The summed E-state index contributed by atoms with van der Waals surface area (Å²) in [6.07, 6.45) is 6.42. The van der Waals surface area contributed by atoms with Crippen molar-refractivity contribution in [3.05, 3.63) is 13.8 Å². The molecule has 0 atom stereocenters. The molecule has 100 valence electrons. The Balaban J connectivity index is -0.000000218. The van der Waals surface area contributed by atoms with E-state index in [-0.39, 0.29) is 23.1 Å². The van der Waals surface area contributed by atoms with Gasteiger partial charge in [0, 0.05) is 26.4 Å². The number of hydrogen-bond acceptors (Lipinski definition) is 2. The Morgan fingerprint density at radius 2 is 1.06 bits per heavy atom. The van der Waals surface area contributed by atoms with Gasteiger partial charge in [-0.05, 0) is 12.8 Å². The van der Waals surface area contributed by atoms with E-state index in [1.54, 1.807) is 0 Å². The van der Waals surface area contributed by atoms with Crippen molar-refractivity contribution in [2.75, 3.05) is 26.4 Å². The second-order valence-electron chi connectivity index (χ2n) is 3.64. The second kappa shape index (κ2) is 25.5. The fraction of sp³-hybridized carbons (Fsp3) is 0.857. The molecule has 0 bridgehead atoms. The van der Waals surface area contributed by atoms with Crippen molar-refractivity contribution in [3.8, 4) is 0 Å². The maximum absolute atomic E-state index is 5.18. The molecule has 2 nitrogen and oxygen atoms in total. The molecule has 0 saturated heterocycles. The summed E-state index contributed by atoms with van der Waals surface area (Å²) in [5, 5.41) is 0. The van der Waals surface area contributed by atoms with Gasteiger partial charge >= 0.3 is 23.1 Å². The number of hydrogen-bond donors (Lipinski definition) is 0. The number of rotatable bonds is 10. The molecular formula is C14H30MgO2. The second-order valence-corrected chi connectivity index (χ2v) is 3.64. The molecule has 3 heteroatoms. The van der Waals surface area contributed by atoms with Crippen molar-refractivity contribution in [2.45, 2.75) is 52.4 Å². The molecule has 17 heavy (non-hydrogen) atoms. The monoisotopic (exact) mass is 254 g/mol. The minimum atomic E-state index is 0. The van der Waals surface area contributed by atoms with E-state index in [0.29, 0.717) is 0 Å². The van der Waals surface area contributed by atoms with Crippen LogP contribution in [0.5, 0.6) is 0 Å². The van der Waals surface area contributed by atoms with E-state index >= 15 is 0 Å². The van der Waals surface area contributed by atoms with E-state index < -0.39 is 0 Å². The minimum absolute atomic E-state index is 0. The van der Waals surface area contributed by atoms with Gasteiger partial charge in [-0.3, -0.25) is 0 Å². The fourth-order valence-electron chi connectivity index (χ4n) is 0.901. The molecule has 0 N–H and O–H groups in total. The predicted molar refractivity (Wildman–Crippen MR) is 77.2 cm³/mol. The van der Waals surface area contributed by atoms with Gasteiger partial charge in [0.25, 0.3) is 0 Å². The Hall–Kier alpha value is 0.686. The summed E-state index contributed by atoms with van der Waals surface area (Å²) in [6.45, 7) is 15.2. The third-order valence-corrected chi connectivity index (χ3v) is 1.77. The van der Waals surface area contributed by atoms with Crippen molar-refractivity contribution < 1.29 is 9.47 Å². The van der Waals surface area contributed by atoms with Crippen LogP contribution in [0.3, 0.4) is 0 Å². The maximum Gasteiger partial charge on any atom is 2.00 e. The van der Waals surface area contributed by atoms with Gasteiger partial charge in [-0.25, -0.2) is 0 Å². The smallest absolute Gasteiger partial charge is 0.382 e. The predicted octanol–water partition coefficient (Wildman–Crippen LogP) is 3.67. The molecule has 0 rings (SSSR count). The molecule has 0 aromatic rings. The summed E-state index contributed by atoms with van der Waals surface area (Å²) in [4.78, 5) is 0. The van der Waals surface area contributed by atoms with Crippen LogP contribution < -0.4 is 0 Å². The summed E-state index contributed by atoms with van der Waals surface area (Å²) in [6, 6.07) is 0. The molecule has 0 saturated carbocycles. The van der Waals surface area contributed by atoms with Gasteiger partial charge in [-0.2, -0.15) is 12.8 Å². The fourth-order valence-corrected chi connectivity index (χ4v) is 0.901. The van der Waals surface area contributed by atoms with Crippen LogP contribution in [-0.4, -0.2) is 49.5 Å². The van der Waals surface area contributed by atoms with Gasteiger partial charge in [-0.15, -0.1) is 0 Å². The molecule has 0 aliphatic carbocycles. The van der Waals surface area contributed by atoms with Crippen LogP contribution >= 0.6 is 0 Å². The van der Waals surface area contributed by atoms with E-state index in [4.69, 9.17) is 9.47 Å². The van der Waals surface area contributed by atoms with E-state index in [0.717, 1.165) is 65.0 Å². The van der Waals surface area contributed by atoms with Crippen LogP contribution in [0.15, 0.2) is 0 Å². The normalized spacial score (nSPS) is 9.18. The Morgan fingerprint density at radius 1 is 0.706 bits per heavy atom. The maximum atomic E-state index is 5.18. The Kier molecular flexibility index (Phi) is 34.3. The first-order valence-electron chi connectivity index (χ1n) is 6.57. The van der Waals surface area contributed by atoms with Crippen molar-refractivity contribution in [1.29, 1.82) is 0 Å². The van der Waals surface area contributed by atoms with E-state index in [2.05, 4.69) is 27.7 Å². The molecular weight excluding hydrogens is 224 g/mol. The van der Waals surface area contributed by atoms with E-state index in [1.165, 1.54) is 0 Å². The van der Waals surface area contributed by atoms with Crippen LogP contribution in [0, 0.1) is 13.8 Å². The average Bonchev–Trinajstić information content (AvgIpc) is 2.31. The van der Waals surface area contributed by atoms with E-state index in [9.17, 15) is 0 Å². The summed E-state index contributed by atoms with van der Waals surface area (Å²) < 4.78 is 10.4. The third kappa shape index (κ3) is 31.5. The molecule has 0 aromatic heterocycles. The SMILES string of the molecule is [CH2-]CCCOCCC.[CH2-]CCCOCCC.[Mg+2].